The minimum Gasteiger partial charge on any atom is -0.243 e. The third kappa shape index (κ3) is 1.29. The lowest BCUT2D eigenvalue weighted by atomic mass is 9.85. The molecule has 2 rings (SSSR count). The van der Waals surface area contributed by atoms with Crippen molar-refractivity contribution in [1.82, 2.24) is 10.3 Å². The predicted molar refractivity (Wildman–Crippen MR) is 55.2 cm³/mol. The van der Waals surface area contributed by atoms with Crippen LogP contribution >= 0.6 is 0 Å². The average molecular weight is 190 g/mol. The number of hydrogen-bond acceptors (Lipinski definition) is 3. The van der Waals surface area contributed by atoms with Crippen molar-refractivity contribution in [1.29, 1.82) is 0 Å². The standard InChI is InChI=1S/C11H14N2O/c1-7-5-6-8(11(2,3)4)10-9(7)12-14-13-10/h5-6H,1-4H3. The first-order chi connectivity index (χ1) is 6.50. The number of aromatic nitrogens is 2. The Labute approximate surface area is 83.1 Å². The van der Waals surface area contributed by atoms with Gasteiger partial charge in [0.1, 0.15) is 11.0 Å². The lowest BCUT2D eigenvalue weighted by Gasteiger charge is -2.18. The van der Waals surface area contributed by atoms with Crippen LogP contribution in [0.25, 0.3) is 11.0 Å². The van der Waals surface area contributed by atoms with Crippen molar-refractivity contribution < 1.29 is 4.63 Å². The number of hydrogen-bond donors (Lipinski definition) is 0. The molecule has 0 amide bonds. The van der Waals surface area contributed by atoms with E-state index in [1.165, 1.54) is 5.56 Å². The molecular weight excluding hydrogens is 176 g/mol. The summed E-state index contributed by atoms with van der Waals surface area (Å²) < 4.78 is 4.78. The molecular formula is C11H14N2O. The zero-order valence-corrected chi connectivity index (χ0v) is 8.96. The molecule has 3 nitrogen and oxygen atoms in total. The lowest BCUT2D eigenvalue weighted by molar-refractivity contribution is 0.315. The van der Waals surface area contributed by atoms with Crippen LogP contribution < -0.4 is 0 Å². The van der Waals surface area contributed by atoms with Crippen LogP contribution in [0.15, 0.2) is 16.8 Å². The molecule has 0 bridgehead atoms. The quantitative estimate of drug-likeness (QED) is 0.641. The lowest BCUT2D eigenvalue weighted by Crippen LogP contribution is -2.11. The van der Waals surface area contributed by atoms with E-state index in [4.69, 9.17) is 4.63 Å². The summed E-state index contributed by atoms with van der Waals surface area (Å²) in [5.74, 6) is 0. The van der Waals surface area contributed by atoms with Gasteiger partial charge < -0.3 is 0 Å². The molecule has 1 aromatic heterocycles. The van der Waals surface area contributed by atoms with Gasteiger partial charge in [-0.1, -0.05) is 32.9 Å². The fourth-order valence-electron chi connectivity index (χ4n) is 1.60. The normalized spacial score (nSPS) is 12.3. The van der Waals surface area contributed by atoms with Crippen LogP contribution in [0.3, 0.4) is 0 Å². The molecule has 1 aromatic carbocycles. The van der Waals surface area contributed by atoms with Crippen LogP contribution in [0.5, 0.6) is 0 Å². The number of benzene rings is 1. The highest BCUT2D eigenvalue weighted by atomic mass is 16.6. The van der Waals surface area contributed by atoms with Crippen LogP contribution in [0.1, 0.15) is 31.9 Å². The van der Waals surface area contributed by atoms with Crippen LogP contribution in [-0.4, -0.2) is 10.3 Å². The topological polar surface area (TPSA) is 38.9 Å². The first-order valence-corrected chi connectivity index (χ1v) is 4.72. The molecule has 1 heterocycles. The molecule has 0 saturated carbocycles. The van der Waals surface area contributed by atoms with Crippen molar-refractivity contribution in [2.75, 3.05) is 0 Å². The number of rotatable bonds is 0. The molecule has 74 valence electrons. The van der Waals surface area contributed by atoms with Crippen LogP contribution in [-0.2, 0) is 5.41 Å². The molecule has 0 aliphatic rings. The number of aryl methyl sites for hydroxylation is 1. The molecule has 0 saturated heterocycles. The molecule has 0 aliphatic carbocycles. The molecule has 2 aromatic rings. The van der Waals surface area contributed by atoms with Gasteiger partial charge in [-0.3, -0.25) is 0 Å². The van der Waals surface area contributed by atoms with E-state index in [9.17, 15) is 0 Å². The molecule has 0 atom stereocenters. The fourth-order valence-corrected chi connectivity index (χ4v) is 1.60. The van der Waals surface area contributed by atoms with Gasteiger partial charge in [0, 0.05) is 0 Å². The van der Waals surface area contributed by atoms with E-state index in [1.54, 1.807) is 0 Å². The van der Waals surface area contributed by atoms with E-state index in [-0.39, 0.29) is 5.41 Å². The maximum Gasteiger partial charge on any atom is 0.139 e. The van der Waals surface area contributed by atoms with Gasteiger partial charge in [-0.2, -0.15) is 0 Å². The van der Waals surface area contributed by atoms with Crippen molar-refractivity contribution in [3.8, 4) is 0 Å². The summed E-state index contributed by atoms with van der Waals surface area (Å²) in [6.45, 7) is 8.49. The van der Waals surface area contributed by atoms with E-state index < -0.39 is 0 Å². The Morgan fingerprint density at radius 2 is 1.71 bits per heavy atom. The van der Waals surface area contributed by atoms with Gasteiger partial charge in [-0.25, -0.2) is 4.63 Å². The minimum atomic E-state index is 0.0739. The summed E-state index contributed by atoms with van der Waals surface area (Å²) in [6, 6.07) is 4.16. The molecule has 0 aliphatic heterocycles. The maximum absolute atomic E-state index is 4.78. The highest BCUT2D eigenvalue weighted by Gasteiger charge is 2.20. The summed E-state index contributed by atoms with van der Waals surface area (Å²) in [7, 11) is 0. The summed E-state index contributed by atoms with van der Waals surface area (Å²) in [5.41, 5.74) is 4.12. The summed E-state index contributed by atoms with van der Waals surface area (Å²) in [4.78, 5) is 0. The van der Waals surface area contributed by atoms with Crippen molar-refractivity contribution in [2.45, 2.75) is 33.1 Å². The van der Waals surface area contributed by atoms with Gasteiger partial charge in [-0.05, 0) is 33.8 Å². The molecule has 0 unspecified atom stereocenters. The van der Waals surface area contributed by atoms with Crippen LogP contribution in [0.2, 0.25) is 0 Å². The molecule has 0 spiro atoms. The molecule has 3 heteroatoms. The third-order valence-electron chi connectivity index (χ3n) is 2.43. The zero-order valence-electron chi connectivity index (χ0n) is 8.96. The van der Waals surface area contributed by atoms with Crippen molar-refractivity contribution in [3.05, 3.63) is 23.3 Å². The summed E-state index contributed by atoms with van der Waals surface area (Å²) in [5, 5.41) is 7.87. The van der Waals surface area contributed by atoms with E-state index in [1.807, 2.05) is 6.92 Å². The van der Waals surface area contributed by atoms with E-state index >= 15 is 0 Å². The minimum absolute atomic E-state index is 0.0739. The second-order valence-corrected chi connectivity index (χ2v) is 4.64. The smallest absolute Gasteiger partial charge is 0.139 e. The summed E-state index contributed by atoms with van der Waals surface area (Å²) >= 11 is 0. The predicted octanol–water partition coefficient (Wildman–Crippen LogP) is 2.83. The van der Waals surface area contributed by atoms with Gasteiger partial charge >= 0.3 is 0 Å². The van der Waals surface area contributed by atoms with Crippen LogP contribution in [0.4, 0.5) is 0 Å². The van der Waals surface area contributed by atoms with Crippen molar-refractivity contribution in [3.63, 3.8) is 0 Å². The Hall–Kier alpha value is -1.38. The summed E-state index contributed by atoms with van der Waals surface area (Å²) in [6.07, 6.45) is 0. The highest BCUT2D eigenvalue weighted by Crippen LogP contribution is 2.29. The highest BCUT2D eigenvalue weighted by molar-refractivity contribution is 5.81. The Morgan fingerprint density at radius 1 is 1.07 bits per heavy atom. The Kier molecular flexibility index (Phi) is 1.84. The zero-order chi connectivity index (χ0) is 10.3. The van der Waals surface area contributed by atoms with Crippen LogP contribution in [0, 0.1) is 6.92 Å². The SMILES string of the molecule is Cc1ccc(C(C)(C)C)c2nonc12. The largest absolute Gasteiger partial charge is 0.243 e. The van der Waals surface area contributed by atoms with Gasteiger partial charge in [-0.15, -0.1) is 0 Å². The third-order valence-corrected chi connectivity index (χ3v) is 2.43. The van der Waals surface area contributed by atoms with E-state index in [0.29, 0.717) is 0 Å². The molecule has 0 fully saturated rings. The Balaban J connectivity index is 2.80. The maximum atomic E-state index is 4.78. The van der Waals surface area contributed by atoms with E-state index in [2.05, 4.69) is 43.2 Å². The second-order valence-electron chi connectivity index (χ2n) is 4.64. The number of nitrogens with zero attached hydrogens (tertiary/aromatic N) is 2. The molecule has 0 radical (unpaired) electrons. The molecule has 0 N–H and O–H groups in total. The first kappa shape index (κ1) is 9.19. The van der Waals surface area contributed by atoms with Gasteiger partial charge in [0.15, 0.2) is 0 Å². The number of fused-ring (bicyclic) bond motifs is 1. The van der Waals surface area contributed by atoms with Gasteiger partial charge in [0.2, 0.25) is 0 Å². The van der Waals surface area contributed by atoms with E-state index in [0.717, 1.165) is 16.6 Å². The second kappa shape index (κ2) is 2.80. The van der Waals surface area contributed by atoms with Gasteiger partial charge in [0.05, 0.1) is 0 Å². The first-order valence-electron chi connectivity index (χ1n) is 4.72. The Morgan fingerprint density at radius 3 is 2.36 bits per heavy atom. The van der Waals surface area contributed by atoms with Crippen molar-refractivity contribution >= 4 is 11.0 Å². The Bertz CT molecular complexity index is 466. The molecule has 14 heavy (non-hydrogen) atoms. The average Bonchev–Trinajstić information content (AvgIpc) is 2.50. The van der Waals surface area contributed by atoms with Gasteiger partial charge in [0.25, 0.3) is 0 Å². The fraction of sp³-hybridized carbons (Fsp3) is 0.455. The van der Waals surface area contributed by atoms with Crippen molar-refractivity contribution in [2.24, 2.45) is 0 Å². The monoisotopic (exact) mass is 190 g/mol.